The van der Waals surface area contributed by atoms with Crippen LogP contribution < -0.4 is 5.32 Å². The van der Waals surface area contributed by atoms with Crippen LogP contribution >= 0.6 is 0 Å². The Labute approximate surface area is 96.3 Å². The van der Waals surface area contributed by atoms with Gasteiger partial charge in [-0.1, -0.05) is 19.9 Å². The fourth-order valence-electron chi connectivity index (χ4n) is 1.65. The first-order valence-electron chi connectivity index (χ1n) is 5.79. The van der Waals surface area contributed by atoms with E-state index in [1.807, 2.05) is 18.2 Å². The van der Waals surface area contributed by atoms with Gasteiger partial charge in [0.2, 0.25) is 5.91 Å². The zero-order valence-electron chi connectivity index (χ0n) is 9.86. The number of amides is 1. The van der Waals surface area contributed by atoms with E-state index in [-0.39, 0.29) is 17.2 Å². The normalized spacial score (nSPS) is 15.9. The van der Waals surface area contributed by atoms with E-state index in [0.29, 0.717) is 6.54 Å². The zero-order chi connectivity index (χ0) is 11.6. The van der Waals surface area contributed by atoms with Crippen molar-refractivity contribution in [1.29, 1.82) is 0 Å². The molecule has 1 saturated carbocycles. The monoisotopic (exact) mass is 218 g/mol. The molecule has 0 aliphatic heterocycles. The number of pyridine rings is 1. The van der Waals surface area contributed by atoms with E-state index in [1.165, 1.54) is 0 Å². The summed E-state index contributed by atoms with van der Waals surface area (Å²) in [6.45, 7) is 4.85. The molecule has 16 heavy (non-hydrogen) atoms. The molecule has 0 saturated heterocycles. The molecular formula is C13H18N2O. The number of aromatic nitrogens is 1. The Bertz CT molecular complexity index is 369. The van der Waals surface area contributed by atoms with Gasteiger partial charge < -0.3 is 5.32 Å². The van der Waals surface area contributed by atoms with Crippen molar-refractivity contribution >= 4 is 5.91 Å². The number of carbonyl (C=O) groups excluding carboxylic acids is 1. The van der Waals surface area contributed by atoms with Crippen LogP contribution in [0, 0.1) is 5.92 Å². The van der Waals surface area contributed by atoms with Gasteiger partial charge >= 0.3 is 0 Å². The minimum absolute atomic E-state index is 0.105. The van der Waals surface area contributed by atoms with Crippen molar-refractivity contribution in [3.8, 4) is 0 Å². The summed E-state index contributed by atoms with van der Waals surface area (Å²) < 4.78 is 0. The van der Waals surface area contributed by atoms with Crippen molar-refractivity contribution in [2.45, 2.75) is 32.1 Å². The van der Waals surface area contributed by atoms with E-state index in [2.05, 4.69) is 24.1 Å². The van der Waals surface area contributed by atoms with Crippen molar-refractivity contribution < 1.29 is 4.79 Å². The molecule has 86 valence electrons. The minimum atomic E-state index is -0.105. The first kappa shape index (κ1) is 11.1. The second-order valence-electron chi connectivity index (χ2n) is 5.09. The molecule has 0 aromatic carbocycles. The molecule has 3 heteroatoms. The molecule has 1 aliphatic rings. The smallest absolute Gasteiger partial charge is 0.223 e. The molecular weight excluding hydrogens is 200 g/mol. The van der Waals surface area contributed by atoms with Gasteiger partial charge in [-0.15, -0.1) is 0 Å². The summed E-state index contributed by atoms with van der Waals surface area (Å²) in [6, 6.07) is 5.89. The average Bonchev–Trinajstić information content (AvgIpc) is 3.11. The topological polar surface area (TPSA) is 42.0 Å². The summed E-state index contributed by atoms with van der Waals surface area (Å²) in [5.74, 6) is 0.475. The number of carbonyl (C=O) groups is 1. The fourth-order valence-corrected chi connectivity index (χ4v) is 1.65. The summed E-state index contributed by atoms with van der Waals surface area (Å²) in [5, 5.41) is 3.00. The highest BCUT2D eigenvalue weighted by Gasteiger charge is 2.31. The van der Waals surface area contributed by atoms with Crippen molar-refractivity contribution in [1.82, 2.24) is 10.3 Å². The van der Waals surface area contributed by atoms with Crippen molar-refractivity contribution in [2.75, 3.05) is 6.54 Å². The van der Waals surface area contributed by atoms with Gasteiger partial charge in [-0.2, -0.15) is 0 Å². The maximum atomic E-state index is 11.6. The zero-order valence-corrected chi connectivity index (χ0v) is 9.86. The highest BCUT2D eigenvalue weighted by atomic mass is 16.2. The number of hydrogen-bond donors (Lipinski definition) is 1. The Morgan fingerprint density at radius 3 is 2.81 bits per heavy atom. The molecule has 1 fully saturated rings. The standard InChI is InChI=1S/C13H18N2O/c1-13(2,11-5-3-4-8-14-11)9-15-12(16)10-6-7-10/h3-5,8,10H,6-7,9H2,1-2H3,(H,15,16). The van der Waals surface area contributed by atoms with Crippen molar-refractivity contribution in [3.05, 3.63) is 30.1 Å². The molecule has 1 heterocycles. The van der Waals surface area contributed by atoms with E-state index in [4.69, 9.17) is 0 Å². The van der Waals surface area contributed by atoms with Crippen LogP contribution in [0.15, 0.2) is 24.4 Å². The van der Waals surface area contributed by atoms with Gasteiger partial charge in [-0.05, 0) is 25.0 Å². The van der Waals surface area contributed by atoms with Crippen LogP contribution in [0.2, 0.25) is 0 Å². The lowest BCUT2D eigenvalue weighted by Gasteiger charge is -2.24. The second kappa shape index (κ2) is 4.24. The number of hydrogen-bond acceptors (Lipinski definition) is 2. The predicted octanol–water partition coefficient (Wildman–Crippen LogP) is 1.89. The van der Waals surface area contributed by atoms with Gasteiger partial charge in [0, 0.05) is 29.8 Å². The summed E-state index contributed by atoms with van der Waals surface area (Å²) in [4.78, 5) is 15.9. The molecule has 3 nitrogen and oxygen atoms in total. The minimum Gasteiger partial charge on any atom is -0.355 e. The van der Waals surface area contributed by atoms with Crippen LogP contribution in [-0.2, 0) is 10.2 Å². The van der Waals surface area contributed by atoms with Gasteiger partial charge in [0.05, 0.1) is 0 Å². The third-order valence-electron chi connectivity index (χ3n) is 3.01. The van der Waals surface area contributed by atoms with Gasteiger partial charge in [-0.25, -0.2) is 0 Å². The molecule has 0 bridgehead atoms. The summed E-state index contributed by atoms with van der Waals surface area (Å²) in [6.07, 6.45) is 3.89. The van der Waals surface area contributed by atoms with Crippen LogP contribution in [0.4, 0.5) is 0 Å². The van der Waals surface area contributed by atoms with E-state index >= 15 is 0 Å². The largest absolute Gasteiger partial charge is 0.355 e. The maximum absolute atomic E-state index is 11.6. The average molecular weight is 218 g/mol. The number of nitrogens with one attached hydrogen (secondary N) is 1. The Balaban J connectivity index is 1.94. The quantitative estimate of drug-likeness (QED) is 0.838. The van der Waals surface area contributed by atoms with Gasteiger partial charge in [0.25, 0.3) is 0 Å². The van der Waals surface area contributed by atoms with Crippen molar-refractivity contribution in [2.24, 2.45) is 5.92 Å². The summed E-state index contributed by atoms with van der Waals surface area (Å²) in [5.41, 5.74) is 0.914. The molecule has 0 radical (unpaired) electrons. The number of rotatable bonds is 4. The van der Waals surface area contributed by atoms with Crippen LogP contribution in [0.1, 0.15) is 32.4 Å². The Hall–Kier alpha value is -1.38. The van der Waals surface area contributed by atoms with Crippen LogP contribution in [0.3, 0.4) is 0 Å². The summed E-state index contributed by atoms with van der Waals surface area (Å²) in [7, 11) is 0. The first-order chi connectivity index (χ1) is 7.59. The molecule has 1 aliphatic carbocycles. The van der Waals surface area contributed by atoms with E-state index in [9.17, 15) is 4.79 Å². The van der Waals surface area contributed by atoms with E-state index in [0.717, 1.165) is 18.5 Å². The number of nitrogens with zero attached hydrogens (tertiary/aromatic N) is 1. The maximum Gasteiger partial charge on any atom is 0.223 e. The summed E-state index contributed by atoms with van der Waals surface area (Å²) >= 11 is 0. The van der Waals surface area contributed by atoms with Gasteiger partial charge in [0.15, 0.2) is 0 Å². The predicted molar refractivity (Wildman–Crippen MR) is 63.0 cm³/mol. The Morgan fingerprint density at radius 2 is 2.25 bits per heavy atom. The Kier molecular flexibility index (Phi) is 2.95. The van der Waals surface area contributed by atoms with Crippen LogP contribution in [-0.4, -0.2) is 17.4 Å². The highest BCUT2D eigenvalue weighted by Crippen LogP contribution is 2.29. The molecule has 0 unspecified atom stereocenters. The molecule has 0 atom stereocenters. The van der Waals surface area contributed by atoms with Gasteiger partial charge in [-0.3, -0.25) is 9.78 Å². The lowest BCUT2D eigenvalue weighted by Crippen LogP contribution is -2.37. The molecule has 1 N–H and O–H groups in total. The van der Waals surface area contributed by atoms with Crippen LogP contribution in [0.5, 0.6) is 0 Å². The SMILES string of the molecule is CC(C)(CNC(=O)C1CC1)c1ccccn1. The lowest BCUT2D eigenvalue weighted by molar-refractivity contribution is -0.122. The second-order valence-corrected chi connectivity index (χ2v) is 5.09. The molecule has 1 aromatic heterocycles. The fraction of sp³-hybridized carbons (Fsp3) is 0.538. The third-order valence-corrected chi connectivity index (χ3v) is 3.01. The van der Waals surface area contributed by atoms with Crippen LogP contribution in [0.25, 0.3) is 0 Å². The molecule has 1 amide bonds. The first-order valence-corrected chi connectivity index (χ1v) is 5.79. The van der Waals surface area contributed by atoms with E-state index < -0.39 is 0 Å². The highest BCUT2D eigenvalue weighted by molar-refractivity contribution is 5.80. The lowest BCUT2D eigenvalue weighted by atomic mass is 9.88. The molecule has 2 rings (SSSR count). The Morgan fingerprint density at radius 1 is 1.50 bits per heavy atom. The van der Waals surface area contributed by atoms with E-state index in [1.54, 1.807) is 6.20 Å². The molecule has 0 spiro atoms. The van der Waals surface area contributed by atoms with Crippen molar-refractivity contribution in [3.63, 3.8) is 0 Å². The third kappa shape index (κ3) is 2.60. The molecule has 1 aromatic rings. The van der Waals surface area contributed by atoms with Gasteiger partial charge in [0.1, 0.15) is 0 Å².